The highest BCUT2D eigenvalue weighted by molar-refractivity contribution is 5.54. The zero-order valence-corrected chi connectivity index (χ0v) is 13.0. The summed E-state index contributed by atoms with van der Waals surface area (Å²) in [6, 6.07) is 3.00. The highest BCUT2D eigenvalue weighted by Crippen LogP contribution is 2.35. The Bertz CT molecular complexity index is 473. The summed E-state index contributed by atoms with van der Waals surface area (Å²) in [7, 11) is 3.01. The molecule has 0 saturated carbocycles. The van der Waals surface area contributed by atoms with E-state index in [2.05, 4.69) is 13.8 Å². The molecule has 6 heteroatoms. The van der Waals surface area contributed by atoms with Crippen LogP contribution >= 0.6 is 0 Å². The van der Waals surface area contributed by atoms with Gasteiger partial charge >= 0.3 is 0 Å². The average molecular weight is 297 g/mol. The predicted octanol–water partition coefficient (Wildman–Crippen LogP) is 3.56. The van der Waals surface area contributed by atoms with Crippen LogP contribution in [0.3, 0.4) is 0 Å². The lowest BCUT2D eigenvalue weighted by Crippen LogP contribution is -2.04. The number of hydrogen-bond donors (Lipinski definition) is 0. The van der Waals surface area contributed by atoms with Crippen molar-refractivity contribution >= 4 is 5.69 Å². The molecule has 0 bridgehead atoms. The quantitative estimate of drug-likeness (QED) is 0.396. The number of nitrogens with zero attached hydrogens (tertiary/aromatic N) is 1. The fourth-order valence-electron chi connectivity index (χ4n) is 1.98. The standard InChI is InChI=1S/C15H23NO5/c1-11(2)6-5-7-21-15-9-13(16(17)18)12(10-19-3)8-14(15)20-4/h8-9,11H,5-7,10H2,1-4H3. The van der Waals surface area contributed by atoms with Crippen molar-refractivity contribution in [1.82, 2.24) is 0 Å². The van der Waals surface area contributed by atoms with Gasteiger partial charge in [-0.25, -0.2) is 0 Å². The summed E-state index contributed by atoms with van der Waals surface area (Å²) in [5, 5.41) is 11.1. The lowest BCUT2D eigenvalue weighted by atomic mass is 10.1. The maximum absolute atomic E-state index is 11.1. The van der Waals surface area contributed by atoms with E-state index >= 15 is 0 Å². The summed E-state index contributed by atoms with van der Waals surface area (Å²) < 4.78 is 15.9. The molecule has 118 valence electrons. The molecule has 21 heavy (non-hydrogen) atoms. The van der Waals surface area contributed by atoms with Crippen molar-refractivity contribution in [2.45, 2.75) is 33.3 Å². The van der Waals surface area contributed by atoms with Crippen LogP contribution in [0.2, 0.25) is 0 Å². The molecule has 0 aliphatic heterocycles. The minimum absolute atomic E-state index is 0.0171. The molecule has 0 unspecified atom stereocenters. The number of methoxy groups -OCH3 is 2. The van der Waals surface area contributed by atoms with Crippen LogP contribution in [0.4, 0.5) is 5.69 Å². The van der Waals surface area contributed by atoms with E-state index in [-0.39, 0.29) is 12.3 Å². The van der Waals surface area contributed by atoms with Gasteiger partial charge < -0.3 is 14.2 Å². The first-order valence-electron chi connectivity index (χ1n) is 6.96. The van der Waals surface area contributed by atoms with E-state index in [4.69, 9.17) is 14.2 Å². The topological polar surface area (TPSA) is 70.8 Å². The van der Waals surface area contributed by atoms with Crippen LogP contribution in [0.25, 0.3) is 0 Å². The van der Waals surface area contributed by atoms with Gasteiger partial charge in [0.05, 0.1) is 36.9 Å². The van der Waals surface area contributed by atoms with Crippen LogP contribution < -0.4 is 9.47 Å². The van der Waals surface area contributed by atoms with Gasteiger partial charge in [0.25, 0.3) is 5.69 Å². The first-order chi connectivity index (χ1) is 9.99. The van der Waals surface area contributed by atoms with E-state index in [0.717, 1.165) is 12.8 Å². The van der Waals surface area contributed by atoms with Gasteiger partial charge in [0.1, 0.15) is 0 Å². The maximum atomic E-state index is 11.1. The summed E-state index contributed by atoms with van der Waals surface area (Å²) >= 11 is 0. The van der Waals surface area contributed by atoms with Gasteiger partial charge in [0.2, 0.25) is 0 Å². The van der Waals surface area contributed by atoms with Gasteiger partial charge in [-0.2, -0.15) is 0 Å². The lowest BCUT2D eigenvalue weighted by Gasteiger charge is -2.13. The molecule has 0 heterocycles. The van der Waals surface area contributed by atoms with Crippen molar-refractivity contribution in [1.29, 1.82) is 0 Å². The van der Waals surface area contributed by atoms with E-state index in [1.165, 1.54) is 20.3 Å². The normalized spacial score (nSPS) is 10.7. The van der Waals surface area contributed by atoms with Crippen molar-refractivity contribution < 1.29 is 19.1 Å². The van der Waals surface area contributed by atoms with Crippen LogP contribution in [0.1, 0.15) is 32.3 Å². The molecule has 0 saturated heterocycles. The van der Waals surface area contributed by atoms with Crippen molar-refractivity contribution in [3.8, 4) is 11.5 Å². The molecule has 0 atom stereocenters. The van der Waals surface area contributed by atoms with Gasteiger partial charge in [-0.1, -0.05) is 13.8 Å². The van der Waals surface area contributed by atoms with Gasteiger partial charge in [-0.05, 0) is 24.8 Å². The third-order valence-electron chi connectivity index (χ3n) is 3.04. The largest absolute Gasteiger partial charge is 0.493 e. The molecule has 1 aromatic rings. The second kappa shape index (κ2) is 8.46. The van der Waals surface area contributed by atoms with E-state index in [0.29, 0.717) is 29.6 Å². The third kappa shape index (κ3) is 5.23. The van der Waals surface area contributed by atoms with Crippen molar-refractivity contribution in [2.24, 2.45) is 5.92 Å². The Morgan fingerprint density at radius 2 is 1.95 bits per heavy atom. The lowest BCUT2D eigenvalue weighted by molar-refractivity contribution is -0.386. The molecule has 0 aliphatic carbocycles. The van der Waals surface area contributed by atoms with Crippen LogP contribution in [0, 0.1) is 16.0 Å². The third-order valence-corrected chi connectivity index (χ3v) is 3.04. The fourth-order valence-corrected chi connectivity index (χ4v) is 1.98. The number of benzene rings is 1. The van der Waals surface area contributed by atoms with Gasteiger partial charge in [0, 0.05) is 7.11 Å². The first-order valence-corrected chi connectivity index (χ1v) is 6.96. The van der Waals surface area contributed by atoms with Crippen LogP contribution in [-0.2, 0) is 11.3 Å². The molecule has 0 fully saturated rings. The number of rotatable bonds is 9. The molecule has 0 amide bonds. The van der Waals surface area contributed by atoms with E-state index < -0.39 is 4.92 Å². The van der Waals surface area contributed by atoms with E-state index in [1.807, 2.05) is 0 Å². The highest BCUT2D eigenvalue weighted by Gasteiger charge is 2.19. The van der Waals surface area contributed by atoms with Crippen molar-refractivity contribution in [2.75, 3.05) is 20.8 Å². The first kappa shape index (κ1) is 17.2. The maximum Gasteiger partial charge on any atom is 0.278 e. The average Bonchev–Trinajstić information content (AvgIpc) is 2.43. The Morgan fingerprint density at radius 1 is 1.24 bits per heavy atom. The molecule has 1 aromatic carbocycles. The number of hydrogen-bond acceptors (Lipinski definition) is 5. The smallest absolute Gasteiger partial charge is 0.278 e. The SMILES string of the molecule is COCc1cc(OC)c(OCCCC(C)C)cc1[N+](=O)[O-]. The van der Waals surface area contributed by atoms with Gasteiger partial charge in [-0.3, -0.25) is 10.1 Å². The zero-order chi connectivity index (χ0) is 15.8. The highest BCUT2D eigenvalue weighted by atomic mass is 16.6. The molecular formula is C15H23NO5. The molecule has 6 nitrogen and oxygen atoms in total. The number of nitro benzene ring substituents is 1. The van der Waals surface area contributed by atoms with Gasteiger partial charge in [0.15, 0.2) is 11.5 Å². The Hall–Kier alpha value is -1.82. The summed E-state index contributed by atoms with van der Waals surface area (Å²) in [4.78, 5) is 10.7. The number of ether oxygens (including phenoxy) is 3. The number of nitro groups is 1. The second-order valence-corrected chi connectivity index (χ2v) is 5.21. The summed E-state index contributed by atoms with van der Waals surface area (Å²) in [5.41, 5.74) is 0.449. The fraction of sp³-hybridized carbons (Fsp3) is 0.600. The summed E-state index contributed by atoms with van der Waals surface area (Å²) in [5.74, 6) is 1.49. The molecular weight excluding hydrogens is 274 g/mol. The summed E-state index contributed by atoms with van der Waals surface area (Å²) in [6.07, 6.45) is 1.95. The second-order valence-electron chi connectivity index (χ2n) is 5.21. The van der Waals surface area contributed by atoms with Crippen LogP contribution in [0.5, 0.6) is 11.5 Å². The van der Waals surface area contributed by atoms with Crippen molar-refractivity contribution in [3.05, 3.63) is 27.8 Å². The predicted molar refractivity (Wildman–Crippen MR) is 79.9 cm³/mol. The Morgan fingerprint density at radius 3 is 2.48 bits per heavy atom. The molecule has 0 aliphatic rings. The monoisotopic (exact) mass is 297 g/mol. The zero-order valence-electron chi connectivity index (χ0n) is 13.0. The van der Waals surface area contributed by atoms with E-state index in [9.17, 15) is 10.1 Å². The molecule has 0 aromatic heterocycles. The molecule has 0 N–H and O–H groups in total. The summed E-state index contributed by atoms with van der Waals surface area (Å²) in [6.45, 7) is 4.95. The van der Waals surface area contributed by atoms with Crippen LogP contribution in [0.15, 0.2) is 12.1 Å². The van der Waals surface area contributed by atoms with Crippen molar-refractivity contribution in [3.63, 3.8) is 0 Å². The minimum atomic E-state index is -0.436. The van der Waals surface area contributed by atoms with Crippen LogP contribution in [-0.4, -0.2) is 25.7 Å². The molecule has 1 rings (SSSR count). The molecule has 0 spiro atoms. The van der Waals surface area contributed by atoms with Gasteiger partial charge in [-0.15, -0.1) is 0 Å². The Kier molecular flexibility index (Phi) is 6.94. The Labute approximate surface area is 125 Å². The Balaban J connectivity index is 2.91. The molecule has 0 radical (unpaired) electrons. The minimum Gasteiger partial charge on any atom is -0.493 e. The van der Waals surface area contributed by atoms with E-state index in [1.54, 1.807) is 6.07 Å².